The Kier molecular flexibility index (Phi) is 8.60. The first-order valence-corrected chi connectivity index (χ1v) is 8.56. The summed E-state index contributed by atoms with van der Waals surface area (Å²) in [7, 11) is 0. The Labute approximate surface area is 161 Å². The van der Waals surface area contributed by atoms with Crippen LogP contribution in [0.1, 0.15) is 31.4 Å². The Morgan fingerprint density at radius 2 is 2.12 bits per heavy atom. The minimum Gasteiger partial charge on any atom is -0.375 e. The van der Waals surface area contributed by atoms with Gasteiger partial charge in [-0.15, -0.1) is 24.8 Å². The second-order valence-corrected chi connectivity index (χ2v) is 6.69. The number of aryl methyl sites for hydroxylation is 2. The Hall–Kier alpha value is -0.890. The lowest BCUT2D eigenvalue weighted by molar-refractivity contribution is -0.141. The number of rotatable bonds is 3. The SMILES string of the molecule is Cc1nc(C)n(CC2CCCN(C(=O)[C@H]3NCCO[C@@H]3C)C2)n1.Cl.Cl. The van der Waals surface area contributed by atoms with E-state index in [9.17, 15) is 4.79 Å². The van der Waals surface area contributed by atoms with Crippen molar-refractivity contribution in [1.82, 2.24) is 25.0 Å². The number of piperidine rings is 1. The van der Waals surface area contributed by atoms with Crippen LogP contribution >= 0.6 is 24.8 Å². The molecule has 144 valence electrons. The average Bonchev–Trinajstić information content (AvgIpc) is 2.85. The highest BCUT2D eigenvalue weighted by Gasteiger charge is 2.34. The Morgan fingerprint density at radius 1 is 1.36 bits per heavy atom. The number of likely N-dealkylation sites (tertiary alicyclic amines) is 1. The molecule has 25 heavy (non-hydrogen) atoms. The summed E-state index contributed by atoms with van der Waals surface area (Å²) < 4.78 is 7.58. The molecule has 1 unspecified atom stereocenters. The molecule has 3 heterocycles. The largest absolute Gasteiger partial charge is 0.375 e. The zero-order chi connectivity index (χ0) is 16.4. The maximum absolute atomic E-state index is 12.8. The molecular weight excluding hydrogens is 365 g/mol. The van der Waals surface area contributed by atoms with E-state index in [4.69, 9.17) is 4.74 Å². The molecule has 2 aliphatic rings. The van der Waals surface area contributed by atoms with Crippen LogP contribution in [0.3, 0.4) is 0 Å². The summed E-state index contributed by atoms with van der Waals surface area (Å²) in [5.74, 6) is 2.37. The zero-order valence-electron chi connectivity index (χ0n) is 15.1. The number of amides is 1. The fraction of sp³-hybridized carbons (Fsp3) is 0.812. The van der Waals surface area contributed by atoms with Crippen LogP contribution in [0.5, 0.6) is 0 Å². The van der Waals surface area contributed by atoms with Crippen LogP contribution in [0.4, 0.5) is 0 Å². The van der Waals surface area contributed by atoms with E-state index >= 15 is 0 Å². The number of hydrogen-bond acceptors (Lipinski definition) is 5. The van der Waals surface area contributed by atoms with Crippen molar-refractivity contribution in [2.75, 3.05) is 26.2 Å². The molecule has 0 aliphatic carbocycles. The number of hydrogen-bond donors (Lipinski definition) is 1. The van der Waals surface area contributed by atoms with Crippen molar-refractivity contribution in [2.24, 2.45) is 5.92 Å². The summed E-state index contributed by atoms with van der Waals surface area (Å²) in [4.78, 5) is 19.1. The molecule has 1 aromatic rings. The van der Waals surface area contributed by atoms with Crippen LogP contribution < -0.4 is 5.32 Å². The van der Waals surface area contributed by atoms with Gasteiger partial charge < -0.3 is 15.0 Å². The van der Waals surface area contributed by atoms with Gasteiger partial charge in [0.1, 0.15) is 17.7 Å². The van der Waals surface area contributed by atoms with Crippen LogP contribution in [0.15, 0.2) is 0 Å². The normalized spacial score (nSPS) is 26.5. The predicted octanol–water partition coefficient (Wildman–Crippen LogP) is 1.35. The van der Waals surface area contributed by atoms with Crippen LogP contribution in [0.2, 0.25) is 0 Å². The lowest BCUT2D eigenvalue weighted by atomic mass is 9.96. The minimum atomic E-state index is -0.210. The van der Waals surface area contributed by atoms with E-state index in [1.165, 1.54) is 0 Å². The Balaban J connectivity index is 0.00000156. The third-order valence-electron chi connectivity index (χ3n) is 4.81. The molecule has 0 saturated carbocycles. The molecule has 3 rings (SSSR count). The van der Waals surface area contributed by atoms with E-state index in [2.05, 4.69) is 15.4 Å². The van der Waals surface area contributed by atoms with Gasteiger partial charge in [0.05, 0.1) is 12.7 Å². The van der Waals surface area contributed by atoms with Crippen molar-refractivity contribution in [1.29, 1.82) is 0 Å². The number of morpholine rings is 1. The molecule has 0 spiro atoms. The molecule has 1 aromatic heterocycles. The third kappa shape index (κ3) is 5.29. The molecule has 2 fully saturated rings. The smallest absolute Gasteiger partial charge is 0.242 e. The van der Waals surface area contributed by atoms with Crippen molar-refractivity contribution in [3.63, 3.8) is 0 Å². The highest BCUT2D eigenvalue weighted by Crippen LogP contribution is 2.20. The predicted molar refractivity (Wildman–Crippen MR) is 101 cm³/mol. The fourth-order valence-electron chi connectivity index (χ4n) is 3.60. The van der Waals surface area contributed by atoms with Crippen molar-refractivity contribution in [3.8, 4) is 0 Å². The van der Waals surface area contributed by atoms with Crippen LogP contribution in [0, 0.1) is 19.8 Å². The van der Waals surface area contributed by atoms with Crippen molar-refractivity contribution in [3.05, 3.63) is 11.6 Å². The number of carbonyl (C=O) groups is 1. The van der Waals surface area contributed by atoms with Gasteiger partial charge in [-0.1, -0.05) is 0 Å². The maximum Gasteiger partial charge on any atom is 0.242 e. The monoisotopic (exact) mass is 393 g/mol. The number of ether oxygens (including phenoxy) is 1. The summed E-state index contributed by atoms with van der Waals surface area (Å²) in [6, 6.07) is -0.210. The average molecular weight is 394 g/mol. The van der Waals surface area contributed by atoms with Gasteiger partial charge in [-0.25, -0.2) is 9.67 Å². The summed E-state index contributed by atoms with van der Waals surface area (Å²) in [6.07, 6.45) is 2.12. The number of nitrogens with zero attached hydrogens (tertiary/aromatic N) is 4. The van der Waals surface area contributed by atoms with Gasteiger partial charge in [-0.2, -0.15) is 5.10 Å². The van der Waals surface area contributed by atoms with Crippen molar-refractivity contribution >= 4 is 30.7 Å². The molecule has 2 saturated heterocycles. The molecule has 3 atom stereocenters. The van der Waals surface area contributed by atoms with E-state index in [-0.39, 0.29) is 42.9 Å². The van der Waals surface area contributed by atoms with E-state index in [1.54, 1.807) is 0 Å². The molecule has 1 amide bonds. The molecular formula is C16H29Cl2N5O2. The first kappa shape index (κ1) is 22.2. The molecule has 0 radical (unpaired) electrons. The first-order valence-electron chi connectivity index (χ1n) is 8.56. The third-order valence-corrected chi connectivity index (χ3v) is 4.81. The van der Waals surface area contributed by atoms with Crippen molar-refractivity contribution < 1.29 is 9.53 Å². The first-order chi connectivity index (χ1) is 11.0. The van der Waals surface area contributed by atoms with Crippen LogP contribution in [-0.4, -0.2) is 64.0 Å². The van der Waals surface area contributed by atoms with Crippen molar-refractivity contribution in [2.45, 2.75) is 52.3 Å². The number of carbonyl (C=O) groups excluding carboxylic acids is 1. The van der Waals surface area contributed by atoms with Gasteiger partial charge >= 0.3 is 0 Å². The molecule has 0 aromatic carbocycles. The molecule has 2 aliphatic heterocycles. The van der Waals surface area contributed by atoms with E-state index in [0.717, 1.165) is 50.7 Å². The minimum absolute atomic E-state index is 0. The summed E-state index contributed by atoms with van der Waals surface area (Å²) in [6.45, 7) is 9.76. The van der Waals surface area contributed by atoms with Gasteiger partial charge in [0.15, 0.2) is 0 Å². The van der Waals surface area contributed by atoms with Gasteiger partial charge in [0, 0.05) is 26.2 Å². The molecule has 0 bridgehead atoms. The standard InChI is InChI=1S/C16H27N5O2.2ClH/c1-11-15(17-6-8-23-11)16(22)20-7-4-5-14(9-20)10-21-13(3)18-12(2)19-21;;/h11,14-15,17H,4-10H2,1-3H3;2*1H/t11-,14?,15+;;/m1../s1. The number of nitrogens with one attached hydrogen (secondary N) is 1. The summed E-state index contributed by atoms with van der Waals surface area (Å²) in [5, 5.41) is 7.75. The van der Waals surface area contributed by atoms with Crippen LogP contribution in [0.25, 0.3) is 0 Å². The number of halogens is 2. The second kappa shape index (κ2) is 9.71. The summed E-state index contributed by atoms with van der Waals surface area (Å²) >= 11 is 0. The van der Waals surface area contributed by atoms with E-state index in [0.29, 0.717) is 12.5 Å². The summed E-state index contributed by atoms with van der Waals surface area (Å²) in [5.41, 5.74) is 0. The molecule has 7 nitrogen and oxygen atoms in total. The lowest BCUT2D eigenvalue weighted by Gasteiger charge is -2.38. The highest BCUT2D eigenvalue weighted by molar-refractivity contribution is 5.85. The zero-order valence-corrected chi connectivity index (χ0v) is 16.7. The molecule has 1 N–H and O–H groups in total. The van der Waals surface area contributed by atoms with Gasteiger partial charge in [-0.3, -0.25) is 4.79 Å². The van der Waals surface area contributed by atoms with E-state index < -0.39 is 0 Å². The van der Waals surface area contributed by atoms with Crippen LogP contribution in [-0.2, 0) is 16.1 Å². The maximum atomic E-state index is 12.8. The van der Waals surface area contributed by atoms with Gasteiger partial charge in [0.25, 0.3) is 0 Å². The Morgan fingerprint density at radius 3 is 2.76 bits per heavy atom. The lowest BCUT2D eigenvalue weighted by Crippen LogP contribution is -2.58. The fourth-order valence-corrected chi connectivity index (χ4v) is 3.60. The topological polar surface area (TPSA) is 72.3 Å². The quantitative estimate of drug-likeness (QED) is 0.838. The highest BCUT2D eigenvalue weighted by atomic mass is 35.5. The number of aromatic nitrogens is 3. The van der Waals surface area contributed by atoms with Gasteiger partial charge in [0.2, 0.25) is 5.91 Å². The van der Waals surface area contributed by atoms with Gasteiger partial charge in [-0.05, 0) is 39.5 Å². The molecule has 9 heteroatoms. The Bertz CT molecular complexity index is 569. The van der Waals surface area contributed by atoms with E-state index in [1.807, 2.05) is 30.4 Å². The second-order valence-electron chi connectivity index (χ2n) is 6.69.